The smallest absolute Gasteiger partial charge is 0.312 e. The summed E-state index contributed by atoms with van der Waals surface area (Å²) in [5.41, 5.74) is 0.856. The maximum Gasteiger partial charge on any atom is 0.312 e. The molecule has 27 heavy (non-hydrogen) atoms. The largest absolute Gasteiger partial charge is 0.378 e. The number of nitrogens with zero attached hydrogens (tertiary/aromatic N) is 4. The number of amides is 3. The first kappa shape index (κ1) is 19.6. The van der Waals surface area contributed by atoms with Gasteiger partial charge in [-0.15, -0.1) is 0 Å². The topological polar surface area (TPSA) is 92.2 Å². The molecule has 1 aromatic rings. The number of piperazine rings is 1. The van der Waals surface area contributed by atoms with E-state index in [0.717, 1.165) is 17.0 Å². The summed E-state index contributed by atoms with van der Waals surface area (Å²) in [6.07, 6.45) is 0.248. The van der Waals surface area contributed by atoms with Crippen molar-refractivity contribution in [3.05, 3.63) is 20.7 Å². The molecule has 3 heterocycles. The van der Waals surface area contributed by atoms with Crippen LogP contribution in [-0.2, 0) is 25.7 Å². The molecule has 0 saturated carbocycles. The van der Waals surface area contributed by atoms with E-state index in [1.165, 1.54) is 9.80 Å². The van der Waals surface area contributed by atoms with Gasteiger partial charge in [-0.1, -0.05) is 11.3 Å². The lowest BCUT2D eigenvalue weighted by atomic mass is 10.2. The highest BCUT2D eigenvalue weighted by Gasteiger charge is 2.31. The second-order valence-corrected chi connectivity index (χ2v) is 7.44. The van der Waals surface area contributed by atoms with Crippen LogP contribution in [0.25, 0.3) is 0 Å². The van der Waals surface area contributed by atoms with Gasteiger partial charge in [0.15, 0.2) is 0 Å². The summed E-state index contributed by atoms with van der Waals surface area (Å²) < 4.78 is 6.80. The van der Waals surface area contributed by atoms with Crippen LogP contribution in [0.15, 0.2) is 10.2 Å². The van der Waals surface area contributed by atoms with Crippen molar-refractivity contribution in [3.63, 3.8) is 0 Å². The van der Waals surface area contributed by atoms with Crippen molar-refractivity contribution in [2.45, 2.75) is 19.9 Å². The van der Waals surface area contributed by atoms with Gasteiger partial charge in [-0.2, -0.15) is 0 Å². The molecule has 0 unspecified atom stereocenters. The van der Waals surface area contributed by atoms with Gasteiger partial charge in [-0.25, -0.2) is 0 Å². The van der Waals surface area contributed by atoms with Crippen LogP contribution in [0.3, 0.4) is 0 Å². The second kappa shape index (κ2) is 8.66. The quantitative estimate of drug-likeness (QED) is 0.620. The molecule has 0 bridgehead atoms. The lowest BCUT2D eigenvalue weighted by Gasteiger charge is -2.36. The van der Waals surface area contributed by atoms with Crippen LogP contribution in [-0.4, -0.2) is 89.5 Å². The molecule has 2 aliphatic heterocycles. The van der Waals surface area contributed by atoms with E-state index in [1.54, 1.807) is 14.8 Å². The van der Waals surface area contributed by atoms with Gasteiger partial charge in [-0.3, -0.25) is 19.2 Å². The fraction of sp³-hybridized carbons (Fsp3) is 0.647. The Morgan fingerprint density at radius 2 is 1.52 bits per heavy atom. The number of aromatic nitrogens is 1. The number of rotatable bonds is 3. The van der Waals surface area contributed by atoms with Gasteiger partial charge in [0.2, 0.25) is 5.91 Å². The van der Waals surface area contributed by atoms with Crippen LogP contribution in [0, 0.1) is 6.92 Å². The van der Waals surface area contributed by atoms with Crippen LogP contribution < -0.4 is 4.87 Å². The van der Waals surface area contributed by atoms with Crippen LogP contribution in [0.1, 0.15) is 12.1 Å². The minimum absolute atomic E-state index is 0.0425. The zero-order chi connectivity index (χ0) is 19.4. The van der Waals surface area contributed by atoms with Crippen LogP contribution >= 0.6 is 11.3 Å². The number of hydrogen-bond donors (Lipinski definition) is 0. The molecule has 1 aromatic heterocycles. The van der Waals surface area contributed by atoms with Crippen molar-refractivity contribution >= 4 is 29.1 Å². The third-order valence-electron chi connectivity index (χ3n) is 4.93. The molecule has 0 N–H and O–H groups in total. The third kappa shape index (κ3) is 4.56. The van der Waals surface area contributed by atoms with Gasteiger partial charge in [-0.05, 0) is 6.92 Å². The first-order chi connectivity index (χ1) is 13.0. The van der Waals surface area contributed by atoms with Crippen LogP contribution in [0.5, 0.6) is 0 Å². The minimum atomic E-state index is -0.510. The van der Waals surface area contributed by atoms with Gasteiger partial charge < -0.3 is 24.0 Å². The highest BCUT2D eigenvalue weighted by atomic mass is 32.1. The van der Waals surface area contributed by atoms with E-state index in [-0.39, 0.29) is 17.2 Å². The molecule has 0 aromatic carbocycles. The Kier molecular flexibility index (Phi) is 6.27. The Balaban J connectivity index is 1.46. The van der Waals surface area contributed by atoms with E-state index < -0.39 is 11.8 Å². The first-order valence-corrected chi connectivity index (χ1v) is 9.94. The number of hydrogen-bond acceptors (Lipinski definition) is 6. The van der Waals surface area contributed by atoms with Gasteiger partial charge in [0.25, 0.3) is 0 Å². The van der Waals surface area contributed by atoms with Crippen molar-refractivity contribution in [1.82, 2.24) is 19.3 Å². The van der Waals surface area contributed by atoms with Gasteiger partial charge in [0, 0.05) is 63.3 Å². The normalized spacial score (nSPS) is 17.9. The maximum atomic E-state index is 12.4. The summed E-state index contributed by atoms with van der Waals surface area (Å²) in [5, 5.41) is 1.78. The first-order valence-electron chi connectivity index (χ1n) is 9.06. The lowest BCUT2D eigenvalue weighted by molar-refractivity contribution is -0.155. The predicted octanol–water partition coefficient (Wildman–Crippen LogP) is -0.862. The fourth-order valence-electron chi connectivity index (χ4n) is 3.24. The molecule has 2 aliphatic rings. The molecule has 148 valence electrons. The number of ether oxygens (including phenoxy) is 1. The zero-order valence-electron chi connectivity index (χ0n) is 15.4. The molecule has 3 rings (SSSR count). The average Bonchev–Trinajstić information content (AvgIpc) is 3.03. The van der Waals surface area contributed by atoms with E-state index in [1.807, 2.05) is 6.92 Å². The summed E-state index contributed by atoms with van der Waals surface area (Å²) in [5.74, 6) is -1.05. The van der Waals surface area contributed by atoms with Crippen molar-refractivity contribution < 1.29 is 19.1 Å². The Morgan fingerprint density at radius 1 is 0.963 bits per heavy atom. The molecule has 10 heteroatoms. The molecule has 9 nitrogen and oxygen atoms in total. The molecular formula is C17H24N4O5S. The Morgan fingerprint density at radius 3 is 2.07 bits per heavy atom. The third-order valence-corrected chi connectivity index (χ3v) is 5.81. The van der Waals surface area contributed by atoms with E-state index in [0.29, 0.717) is 59.0 Å². The summed E-state index contributed by atoms with van der Waals surface area (Å²) in [6, 6.07) is 0. The number of carbonyl (C=O) groups excluding carboxylic acids is 3. The summed E-state index contributed by atoms with van der Waals surface area (Å²) in [6.45, 7) is 5.48. The van der Waals surface area contributed by atoms with Gasteiger partial charge >= 0.3 is 16.7 Å². The Hall–Kier alpha value is -2.20. The second-order valence-electron chi connectivity index (χ2n) is 6.62. The average molecular weight is 396 g/mol. The van der Waals surface area contributed by atoms with Crippen molar-refractivity contribution in [1.29, 1.82) is 0 Å². The van der Waals surface area contributed by atoms with Gasteiger partial charge in [0.05, 0.1) is 13.2 Å². The van der Waals surface area contributed by atoms with Crippen LogP contribution in [0.4, 0.5) is 0 Å². The SMILES string of the molecule is Cc1csc(=O)n1CCC(=O)N1CCN(C(=O)C(=O)N2CCOCC2)CC1. The van der Waals surface area contributed by atoms with E-state index >= 15 is 0 Å². The number of carbonyl (C=O) groups is 3. The summed E-state index contributed by atoms with van der Waals surface area (Å²) in [7, 11) is 0. The van der Waals surface area contributed by atoms with E-state index in [4.69, 9.17) is 4.74 Å². The molecular weight excluding hydrogens is 372 g/mol. The molecule has 0 aliphatic carbocycles. The van der Waals surface area contributed by atoms with E-state index in [9.17, 15) is 19.2 Å². The van der Waals surface area contributed by atoms with Crippen molar-refractivity contribution in [3.8, 4) is 0 Å². The lowest BCUT2D eigenvalue weighted by Crippen LogP contribution is -2.55. The molecule has 3 amide bonds. The molecule has 2 saturated heterocycles. The highest BCUT2D eigenvalue weighted by Crippen LogP contribution is 2.08. The maximum absolute atomic E-state index is 12.4. The van der Waals surface area contributed by atoms with E-state index in [2.05, 4.69) is 0 Å². The number of morpholine rings is 1. The minimum Gasteiger partial charge on any atom is -0.378 e. The number of thiazole rings is 1. The van der Waals surface area contributed by atoms with Gasteiger partial charge in [0.1, 0.15) is 0 Å². The summed E-state index contributed by atoms with van der Waals surface area (Å²) >= 11 is 1.13. The molecule has 2 fully saturated rings. The van der Waals surface area contributed by atoms with Crippen LogP contribution in [0.2, 0.25) is 0 Å². The Bertz CT molecular complexity index is 760. The Labute approximate surface area is 161 Å². The summed E-state index contributed by atoms with van der Waals surface area (Å²) in [4.78, 5) is 53.4. The monoisotopic (exact) mass is 396 g/mol. The molecule has 0 spiro atoms. The molecule has 0 atom stereocenters. The predicted molar refractivity (Wildman–Crippen MR) is 98.5 cm³/mol. The molecule has 0 radical (unpaired) electrons. The standard InChI is InChI=1S/C17H24N4O5S/c1-13-12-27-17(25)21(13)3-2-14(22)18-4-6-19(7-5-18)15(23)16(24)20-8-10-26-11-9-20/h12H,2-11H2,1H3. The van der Waals surface area contributed by atoms with Crippen molar-refractivity contribution in [2.75, 3.05) is 52.5 Å². The zero-order valence-corrected chi connectivity index (χ0v) is 16.2. The van der Waals surface area contributed by atoms with Crippen molar-refractivity contribution in [2.24, 2.45) is 0 Å². The number of aryl methyl sites for hydroxylation is 1. The highest BCUT2D eigenvalue weighted by molar-refractivity contribution is 7.07. The fourth-order valence-corrected chi connectivity index (χ4v) is 4.00.